The topological polar surface area (TPSA) is 79.0 Å². The number of halogens is 1. The highest BCUT2D eigenvalue weighted by molar-refractivity contribution is 6.22. The van der Waals surface area contributed by atoms with E-state index in [1.54, 1.807) is 18.2 Å². The van der Waals surface area contributed by atoms with Gasteiger partial charge in [0.15, 0.2) is 0 Å². The third-order valence-electron chi connectivity index (χ3n) is 5.71. The molecule has 8 heteroatoms. The Hall–Kier alpha value is -1.96. The zero-order valence-corrected chi connectivity index (χ0v) is 16.8. The lowest BCUT2D eigenvalue weighted by Gasteiger charge is -2.24. The van der Waals surface area contributed by atoms with Crippen LogP contribution in [0.1, 0.15) is 56.8 Å². The molecule has 0 radical (unpaired) electrons. The molecule has 2 saturated heterocycles. The van der Waals surface area contributed by atoms with Gasteiger partial charge in [0.2, 0.25) is 0 Å². The Labute approximate surface area is 170 Å². The van der Waals surface area contributed by atoms with Crippen molar-refractivity contribution in [2.45, 2.75) is 37.8 Å². The molecule has 7 nitrogen and oxygen atoms in total. The predicted molar refractivity (Wildman–Crippen MR) is 106 cm³/mol. The summed E-state index contributed by atoms with van der Waals surface area (Å²) in [6.07, 6.45) is 3.69. The van der Waals surface area contributed by atoms with Crippen molar-refractivity contribution in [1.29, 1.82) is 0 Å². The van der Waals surface area contributed by atoms with Crippen LogP contribution in [-0.4, -0.2) is 73.0 Å². The lowest BCUT2D eigenvalue weighted by atomic mass is 10.0. The summed E-state index contributed by atoms with van der Waals surface area (Å²) in [4.78, 5) is 41.5. The molecule has 0 aromatic heterocycles. The number of benzene rings is 1. The molecule has 3 heterocycles. The molecule has 3 aliphatic rings. The number of amides is 3. The lowest BCUT2D eigenvalue weighted by molar-refractivity contribution is 0.0475. The van der Waals surface area contributed by atoms with Crippen molar-refractivity contribution in [1.82, 2.24) is 15.1 Å². The quantitative estimate of drug-likeness (QED) is 0.752. The van der Waals surface area contributed by atoms with E-state index in [-0.39, 0.29) is 48.8 Å². The Morgan fingerprint density at radius 2 is 1.96 bits per heavy atom. The van der Waals surface area contributed by atoms with Gasteiger partial charge in [0.05, 0.1) is 23.8 Å². The fraction of sp³-hybridized carbons (Fsp3) is 0.550. The lowest BCUT2D eigenvalue weighted by Crippen LogP contribution is -2.40. The summed E-state index contributed by atoms with van der Waals surface area (Å²) in [6.45, 7) is 2.44. The first-order valence-electron chi connectivity index (χ1n) is 9.67. The summed E-state index contributed by atoms with van der Waals surface area (Å²) in [7, 11) is 1.88. The van der Waals surface area contributed by atoms with Gasteiger partial charge >= 0.3 is 0 Å². The van der Waals surface area contributed by atoms with Crippen LogP contribution in [0, 0.1) is 0 Å². The fourth-order valence-electron chi connectivity index (χ4n) is 4.30. The van der Waals surface area contributed by atoms with Crippen LogP contribution in [0.2, 0.25) is 0 Å². The molecule has 1 aromatic rings. The van der Waals surface area contributed by atoms with Crippen LogP contribution in [0.15, 0.2) is 18.2 Å². The first-order valence-corrected chi connectivity index (χ1v) is 9.67. The van der Waals surface area contributed by atoms with E-state index < -0.39 is 0 Å². The molecule has 1 N–H and O–H groups in total. The highest BCUT2D eigenvalue weighted by Crippen LogP contribution is 2.27. The number of carbonyl (C=O) groups is 3. The fourth-order valence-corrected chi connectivity index (χ4v) is 4.30. The van der Waals surface area contributed by atoms with E-state index in [9.17, 15) is 14.4 Å². The Morgan fingerprint density at radius 3 is 2.68 bits per heavy atom. The van der Waals surface area contributed by atoms with E-state index in [1.165, 1.54) is 4.90 Å². The molecule has 1 aromatic carbocycles. The van der Waals surface area contributed by atoms with Gasteiger partial charge in [-0.3, -0.25) is 19.3 Å². The molecular formula is C20H26ClN3O4. The number of fused-ring (bicyclic) bond motifs is 1. The third kappa shape index (κ3) is 3.66. The Kier molecular flexibility index (Phi) is 6.37. The van der Waals surface area contributed by atoms with Gasteiger partial charge in [-0.1, -0.05) is 0 Å². The van der Waals surface area contributed by atoms with Gasteiger partial charge in [0, 0.05) is 31.3 Å². The van der Waals surface area contributed by atoms with Crippen LogP contribution < -0.4 is 5.32 Å². The molecule has 28 heavy (non-hydrogen) atoms. The van der Waals surface area contributed by atoms with Crippen LogP contribution >= 0.6 is 12.4 Å². The second-order valence-corrected chi connectivity index (χ2v) is 7.47. The van der Waals surface area contributed by atoms with Crippen LogP contribution in [0.25, 0.3) is 0 Å². The second-order valence-electron chi connectivity index (χ2n) is 7.47. The summed E-state index contributed by atoms with van der Waals surface area (Å²) >= 11 is 0. The summed E-state index contributed by atoms with van der Waals surface area (Å²) in [5.41, 5.74) is 1.17. The zero-order valence-electron chi connectivity index (χ0n) is 16.0. The summed E-state index contributed by atoms with van der Waals surface area (Å²) in [5, 5.41) is 3.13. The predicted octanol–water partition coefficient (Wildman–Crippen LogP) is 1.71. The number of likely N-dealkylation sites (N-methyl/N-ethyl adjacent to an activating group) is 1. The summed E-state index contributed by atoms with van der Waals surface area (Å²) < 4.78 is 5.56. The molecule has 3 amide bonds. The van der Waals surface area contributed by atoms with Crippen molar-refractivity contribution in [2.75, 3.05) is 33.3 Å². The van der Waals surface area contributed by atoms with Gasteiger partial charge in [-0.15, -0.1) is 12.4 Å². The van der Waals surface area contributed by atoms with Crippen LogP contribution in [-0.2, 0) is 4.74 Å². The number of hydrogen-bond acceptors (Lipinski definition) is 5. The van der Waals surface area contributed by atoms with Crippen LogP contribution in [0.3, 0.4) is 0 Å². The molecule has 2 fully saturated rings. The Balaban J connectivity index is 0.00000225. The largest absolute Gasteiger partial charge is 0.376 e. The van der Waals surface area contributed by atoms with Gasteiger partial charge < -0.3 is 15.0 Å². The molecule has 0 spiro atoms. The van der Waals surface area contributed by atoms with Crippen molar-refractivity contribution in [3.8, 4) is 0 Å². The van der Waals surface area contributed by atoms with Crippen molar-refractivity contribution in [3.63, 3.8) is 0 Å². The highest BCUT2D eigenvalue weighted by atomic mass is 35.5. The van der Waals surface area contributed by atoms with E-state index in [0.29, 0.717) is 23.3 Å². The number of nitrogens with zero attached hydrogens (tertiary/aromatic N) is 2. The minimum Gasteiger partial charge on any atom is -0.376 e. The maximum Gasteiger partial charge on any atom is 0.261 e. The molecule has 152 valence electrons. The first kappa shape index (κ1) is 20.8. The minimum absolute atomic E-state index is 0. The second kappa shape index (κ2) is 8.59. The first-order chi connectivity index (χ1) is 13.1. The molecular weight excluding hydrogens is 382 g/mol. The molecule has 0 saturated carbocycles. The SMILES string of the molecule is CNCC1CCCN1C(=O)c1ccc2c(c1)C(=O)N(CC1CCCO1)C2=O.Cl. The molecule has 2 unspecified atom stereocenters. The van der Waals surface area contributed by atoms with Crippen molar-refractivity contribution < 1.29 is 19.1 Å². The highest BCUT2D eigenvalue weighted by Gasteiger charge is 2.38. The van der Waals surface area contributed by atoms with E-state index >= 15 is 0 Å². The maximum absolute atomic E-state index is 12.9. The van der Waals surface area contributed by atoms with Gasteiger partial charge in [-0.05, 0) is 50.9 Å². The number of nitrogens with one attached hydrogen (secondary N) is 1. The molecule has 3 aliphatic heterocycles. The average Bonchev–Trinajstić information content (AvgIpc) is 3.40. The monoisotopic (exact) mass is 407 g/mol. The van der Waals surface area contributed by atoms with Gasteiger partial charge in [-0.2, -0.15) is 0 Å². The maximum atomic E-state index is 12.9. The van der Waals surface area contributed by atoms with Crippen LogP contribution in [0.5, 0.6) is 0 Å². The summed E-state index contributed by atoms with van der Waals surface area (Å²) in [5.74, 6) is -0.694. The van der Waals surface area contributed by atoms with Crippen molar-refractivity contribution >= 4 is 30.1 Å². The van der Waals surface area contributed by atoms with E-state index in [4.69, 9.17) is 4.74 Å². The minimum atomic E-state index is -0.326. The van der Waals surface area contributed by atoms with Crippen LogP contribution in [0.4, 0.5) is 0 Å². The normalized spacial score (nSPS) is 23.9. The van der Waals surface area contributed by atoms with E-state index in [0.717, 1.165) is 38.8 Å². The van der Waals surface area contributed by atoms with Crippen molar-refractivity contribution in [3.05, 3.63) is 34.9 Å². The number of hydrogen-bond donors (Lipinski definition) is 1. The number of imide groups is 1. The number of likely N-dealkylation sites (tertiary alicyclic amines) is 1. The third-order valence-corrected chi connectivity index (χ3v) is 5.71. The average molecular weight is 408 g/mol. The van der Waals surface area contributed by atoms with Gasteiger partial charge in [-0.25, -0.2) is 0 Å². The molecule has 0 bridgehead atoms. The number of rotatable bonds is 5. The zero-order chi connectivity index (χ0) is 19.0. The van der Waals surface area contributed by atoms with E-state index in [1.807, 2.05) is 11.9 Å². The van der Waals surface area contributed by atoms with E-state index in [2.05, 4.69) is 5.32 Å². The van der Waals surface area contributed by atoms with Gasteiger partial charge in [0.25, 0.3) is 17.7 Å². The summed E-state index contributed by atoms with van der Waals surface area (Å²) in [6, 6.07) is 5.03. The smallest absolute Gasteiger partial charge is 0.261 e. The molecule has 4 rings (SSSR count). The molecule has 0 aliphatic carbocycles. The van der Waals surface area contributed by atoms with Gasteiger partial charge in [0.1, 0.15) is 0 Å². The van der Waals surface area contributed by atoms with Crippen molar-refractivity contribution in [2.24, 2.45) is 0 Å². The Morgan fingerprint density at radius 1 is 1.18 bits per heavy atom. The number of ether oxygens (including phenoxy) is 1. The molecule has 2 atom stereocenters. The number of carbonyl (C=O) groups excluding carboxylic acids is 3. The Bertz CT molecular complexity index is 779. The standard InChI is InChI=1S/C20H25N3O4.ClH/c1-21-11-14-4-2-8-22(14)18(24)13-6-7-16-17(10-13)20(26)23(19(16)25)12-15-5-3-9-27-15;/h6-7,10,14-15,21H,2-5,8-9,11-12H2,1H3;1H.